The summed E-state index contributed by atoms with van der Waals surface area (Å²) in [6.07, 6.45) is 0.995. The van der Waals surface area contributed by atoms with Crippen LogP contribution in [0, 0.1) is 0 Å². The van der Waals surface area contributed by atoms with Crippen LogP contribution in [-0.2, 0) is 6.42 Å². The van der Waals surface area contributed by atoms with Crippen LogP contribution in [0.3, 0.4) is 0 Å². The lowest BCUT2D eigenvalue weighted by Crippen LogP contribution is -1.88. The number of thiophene rings is 1. The quantitative estimate of drug-likeness (QED) is 0.219. The molecule has 1 heteroatoms. The molecule has 1 heterocycles. The van der Waals surface area contributed by atoms with Crippen molar-refractivity contribution in [1.29, 1.82) is 0 Å². The van der Waals surface area contributed by atoms with E-state index in [-0.39, 0.29) is 0 Å². The molecule has 0 radical (unpaired) electrons. The molecule has 0 bridgehead atoms. The van der Waals surface area contributed by atoms with Crippen LogP contribution in [0.2, 0.25) is 0 Å². The van der Waals surface area contributed by atoms with Gasteiger partial charge in [0.2, 0.25) is 0 Å². The van der Waals surface area contributed by atoms with Gasteiger partial charge in [-0.3, -0.25) is 0 Å². The number of hydrogen-bond acceptors (Lipinski definition) is 1. The molecule has 1 aliphatic carbocycles. The van der Waals surface area contributed by atoms with Gasteiger partial charge in [-0.05, 0) is 79.5 Å². The zero-order chi connectivity index (χ0) is 22.2. The number of rotatable bonds is 1. The minimum absolute atomic E-state index is 0.995. The van der Waals surface area contributed by atoms with Crippen molar-refractivity contribution in [3.63, 3.8) is 0 Å². The Morgan fingerprint density at radius 3 is 2.15 bits per heavy atom. The Labute approximate surface area is 201 Å². The summed E-state index contributed by atoms with van der Waals surface area (Å²) >= 11 is 1.91. The van der Waals surface area contributed by atoms with E-state index in [2.05, 4.69) is 109 Å². The molecular weight excluding hydrogens is 428 g/mol. The van der Waals surface area contributed by atoms with Crippen molar-refractivity contribution < 1.29 is 0 Å². The molecule has 0 saturated carbocycles. The molecule has 1 aromatic heterocycles. The third-order valence-corrected chi connectivity index (χ3v) is 8.63. The SMILES string of the molecule is c1ccc(-c2ccc3c(c2)-c2c(c4ccc5sc6ccccc6c5c4c4ccccc24)C3)cc1. The lowest BCUT2D eigenvalue weighted by Gasteiger charge is -2.14. The van der Waals surface area contributed by atoms with E-state index in [0.29, 0.717) is 0 Å². The lowest BCUT2D eigenvalue weighted by molar-refractivity contribution is 1.29. The minimum Gasteiger partial charge on any atom is -0.135 e. The average molecular weight is 449 g/mol. The maximum absolute atomic E-state index is 2.41. The Hall–Kier alpha value is -3.94. The summed E-state index contributed by atoms with van der Waals surface area (Å²) in [5.41, 5.74) is 8.29. The fourth-order valence-corrected chi connectivity index (χ4v) is 7.13. The molecule has 8 rings (SSSR count). The third kappa shape index (κ3) is 2.42. The van der Waals surface area contributed by atoms with E-state index in [1.54, 1.807) is 0 Å². The largest absolute Gasteiger partial charge is 0.135 e. The van der Waals surface area contributed by atoms with Gasteiger partial charge in [0.05, 0.1) is 0 Å². The summed E-state index contributed by atoms with van der Waals surface area (Å²) in [7, 11) is 0. The summed E-state index contributed by atoms with van der Waals surface area (Å²) in [6, 6.07) is 40.4. The monoisotopic (exact) mass is 448 g/mol. The molecule has 158 valence electrons. The second-order valence-electron chi connectivity index (χ2n) is 9.27. The van der Waals surface area contributed by atoms with Crippen LogP contribution in [0.1, 0.15) is 11.1 Å². The van der Waals surface area contributed by atoms with E-state index in [1.165, 1.54) is 75.1 Å². The molecule has 0 atom stereocenters. The van der Waals surface area contributed by atoms with Crippen molar-refractivity contribution >= 4 is 53.1 Å². The van der Waals surface area contributed by atoms with E-state index >= 15 is 0 Å². The van der Waals surface area contributed by atoms with Crippen LogP contribution in [0.4, 0.5) is 0 Å². The van der Waals surface area contributed by atoms with Crippen LogP contribution in [0.15, 0.2) is 109 Å². The topological polar surface area (TPSA) is 0 Å². The molecule has 0 spiro atoms. The molecule has 0 saturated heterocycles. The Balaban J connectivity index is 1.52. The van der Waals surface area contributed by atoms with Gasteiger partial charge in [0, 0.05) is 20.2 Å². The summed E-state index contributed by atoms with van der Waals surface area (Å²) in [5, 5.41) is 8.35. The Kier molecular flexibility index (Phi) is 3.69. The Morgan fingerprint density at radius 1 is 0.500 bits per heavy atom. The summed E-state index contributed by atoms with van der Waals surface area (Å²) in [4.78, 5) is 0. The van der Waals surface area contributed by atoms with Crippen molar-refractivity contribution in [1.82, 2.24) is 0 Å². The molecule has 6 aromatic carbocycles. The van der Waals surface area contributed by atoms with E-state index in [4.69, 9.17) is 0 Å². The predicted molar refractivity (Wildman–Crippen MR) is 148 cm³/mol. The first-order valence-corrected chi connectivity index (χ1v) is 12.6. The maximum atomic E-state index is 2.41. The van der Waals surface area contributed by atoms with Gasteiger partial charge in [0.15, 0.2) is 0 Å². The summed E-state index contributed by atoms with van der Waals surface area (Å²) in [5.74, 6) is 0. The normalized spacial score (nSPS) is 12.6. The second-order valence-corrected chi connectivity index (χ2v) is 10.4. The van der Waals surface area contributed by atoms with Gasteiger partial charge in [0.1, 0.15) is 0 Å². The first-order chi connectivity index (χ1) is 16.9. The highest BCUT2D eigenvalue weighted by atomic mass is 32.1. The first-order valence-electron chi connectivity index (χ1n) is 11.8. The molecular formula is C33H20S. The van der Waals surface area contributed by atoms with Crippen molar-refractivity contribution in [2.24, 2.45) is 0 Å². The number of benzene rings is 6. The van der Waals surface area contributed by atoms with Gasteiger partial charge in [-0.1, -0.05) is 91.0 Å². The number of fused-ring (bicyclic) bond motifs is 12. The zero-order valence-electron chi connectivity index (χ0n) is 18.5. The molecule has 0 aliphatic heterocycles. The Morgan fingerprint density at radius 2 is 1.26 bits per heavy atom. The highest BCUT2D eigenvalue weighted by Gasteiger charge is 2.25. The summed E-state index contributed by atoms with van der Waals surface area (Å²) < 4.78 is 2.74. The fraction of sp³-hybridized carbons (Fsp3) is 0.0303. The van der Waals surface area contributed by atoms with Crippen LogP contribution >= 0.6 is 11.3 Å². The van der Waals surface area contributed by atoms with Crippen molar-refractivity contribution in [2.75, 3.05) is 0 Å². The molecule has 34 heavy (non-hydrogen) atoms. The van der Waals surface area contributed by atoms with Crippen molar-refractivity contribution in [2.45, 2.75) is 6.42 Å². The minimum atomic E-state index is 0.995. The van der Waals surface area contributed by atoms with E-state index in [0.717, 1.165) is 6.42 Å². The molecule has 0 N–H and O–H groups in total. The fourth-order valence-electron chi connectivity index (χ4n) is 6.02. The highest BCUT2D eigenvalue weighted by molar-refractivity contribution is 7.26. The first kappa shape index (κ1) is 18.5. The van der Waals surface area contributed by atoms with E-state index in [1.807, 2.05) is 11.3 Å². The molecule has 0 nitrogen and oxygen atoms in total. The van der Waals surface area contributed by atoms with Crippen LogP contribution < -0.4 is 0 Å². The maximum Gasteiger partial charge on any atom is 0.0362 e. The lowest BCUT2D eigenvalue weighted by atomic mass is 9.89. The Bertz CT molecular complexity index is 1920. The third-order valence-electron chi connectivity index (χ3n) is 7.49. The molecule has 7 aromatic rings. The number of hydrogen-bond donors (Lipinski definition) is 0. The van der Waals surface area contributed by atoms with Gasteiger partial charge in [-0.25, -0.2) is 0 Å². The van der Waals surface area contributed by atoms with Gasteiger partial charge in [-0.15, -0.1) is 11.3 Å². The van der Waals surface area contributed by atoms with Gasteiger partial charge in [0.25, 0.3) is 0 Å². The van der Waals surface area contributed by atoms with Crippen LogP contribution in [-0.4, -0.2) is 0 Å². The van der Waals surface area contributed by atoms with Crippen LogP contribution in [0.25, 0.3) is 64.0 Å². The van der Waals surface area contributed by atoms with Gasteiger partial charge in [-0.2, -0.15) is 0 Å². The van der Waals surface area contributed by atoms with Gasteiger partial charge < -0.3 is 0 Å². The van der Waals surface area contributed by atoms with E-state index in [9.17, 15) is 0 Å². The van der Waals surface area contributed by atoms with Gasteiger partial charge >= 0.3 is 0 Å². The molecule has 0 fully saturated rings. The standard InChI is InChI=1S/C33H20S/c1-2-8-20(9-3-1)21-14-15-22-19-28-25-16-17-30-33(26-12-6-7-13-29(26)34-30)32(25)24-11-5-4-10-23(24)31(28)27(22)18-21/h1-18H,19H2. The zero-order valence-corrected chi connectivity index (χ0v) is 19.3. The smallest absolute Gasteiger partial charge is 0.0362 e. The predicted octanol–water partition coefficient (Wildman–Crippen LogP) is 9.60. The van der Waals surface area contributed by atoms with E-state index < -0.39 is 0 Å². The van der Waals surface area contributed by atoms with Crippen molar-refractivity contribution in [3.8, 4) is 22.3 Å². The average Bonchev–Trinajstić information content (AvgIpc) is 3.47. The molecule has 0 amide bonds. The highest BCUT2D eigenvalue weighted by Crippen LogP contribution is 2.50. The molecule has 1 aliphatic rings. The van der Waals surface area contributed by atoms with Crippen molar-refractivity contribution in [3.05, 3.63) is 120 Å². The van der Waals surface area contributed by atoms with Crippen LogP contribution in [0.5, 0.6) is 0 Å². The summed E-state index contributed by atoms with van der Waals surface area (Å²) in [6.45, 7) is 0. The molecule has 0 unspecified atom stereocenters. The second kappa shape index (κ2) is 6.79.